The second-order valence-corrected chi connectivity index (χ2v) is 24.8. The molecule has 0 saturated heterocycles. The van der Waals surface area contributed by atoms with Crippen LogP contribution in [0.3, 0.4) is 0 Å². The van der Waals surface area contributed by atoms with E-state index < -0.39 is 0 Å². The first-order valence-corrected chi connectivity index (χ1v) is 30.7. The van der Waals surface area contributed by atoms with Gasteiger partial charge in [-0.3, -0.25) is 0 Å². The van der Waals surface area contributed by atoms with Gasteiger partial charge in [-0.05, 0) is 193 Å². The van der Waals surface area contributed by atoms with E-state index in [1.807, 2.05) is 0 Å². The highest BCUT2D eigenvalue weighted by Gasteiger charge is 2.33. The van der Waals surface area contributed by atoms with Crippen LogP contribution in [-0.4, -0.2) is 0 Å². The molecule has 84 heavy (non-hydrogen) atoms. The zero-order chi connectivity index (χ0) is 56.5. The SMILES string of the molecule is Cc1ccc(C)c(N(c2cc(C3CCCC3)c3ccc4c(N(c5cc(C)ccc5C)c5cccc6c5oc5c(-c7ccccc7C)cccc56)cc(C5CCCC5)c5ccc2c3c54)c2cccc3c2oc2c(-c4ccccc4C)cccc23)c1. The number of benzene rings is 12. The lowest BCUT2D eigenvalue weighted by Gasteiger charge is -2.33. The maximum Gasteiger partial charge on any atom is 0.159 e. The fourth-order valence-electron chi connectivity index (χ4n) is 15.4. The largest absolute Gasteiger partial charge is 0.453 e. The Kier molecular flexibility index (Phi) is 11.9. The Hall–Kier alpha value is -9.12. The average Bonchev–Trinajstić information content (AvgIpc) is 1.39. The van der Waals surface area contributed by atoms with Gasteiger partial charge in [-0.25, -0.2) is 0 Å². The summed E-state index contributed by atoms with van der Waals surface area (Å²) in [5, 5.41) is 12.4. The van der Waals surface area contributed by atoms with Crippen LogP contribution in [0.5, 0.6) is 0 Å². The van der Waals surface area contributed by atoms with E-state index in [1.165, 1.54) is 151 Å². The number of hydrogen-bond donors (Lipinski definition) is 0. The van der Waals surface area contributed by atoms with Crippen LogP contribution in [0.1, 0.15) is 108 Å². The van der Waals surface area contributed by atoms with E-state index >= 15 is 0 Å². The van der Waals surface area contributed by atoms with Gasteiger partial charge in [-0.1, -0.05) is 183 Å². The van der Waals surface area contributed by atoms with Crippen LogP contribution < -0.4 is 9.80 Å². The van der Waals surface area contributed by atoms with Gasteiger partial charge in [0.2, 0.25) is 0 Å². The molecule has 0 bridgehead atoms. The molecule has 2 aromatic heterocycles. The van der Waals surface area contributed by atoms with Crippen molar-refractivity contribution in [1.29, 1.82) is 0 Å². The van der Waals surface area contributed by atoms with Crippen LogP contribution in [-0.2, 0) is 0 Å². The standard InChI is InChI=1S/C80H68N2O2/c1-47-35-37-51(5)71(43-47)81(69-33-17-31-63-61-29-15-27-59(77(61)83-79(63)69)55-25-13-7-19-49(55)3)73-45-67(53-21-9-10-22-53)57-40-42-66-74(46-68(54-23-11-12-24-54)58-39-41-65(73)75(57)76(58)66)82(72-44-48(2)36-38-52(72)6)70-34-18-32-64-62-30-16-28-60(78(62)84-80(64)70)56-26-14-8-20-50(56)4/h7-8,13-20,25-46,53-54H,9-12,21-24H2,1-6H3. The smallest absolute Gasteiger partial charge is 0.159 e. The summed E-state index contributed by atoms with van der Waals surface area (Å²) < 4.78 is 14.8. The van der Waals surface area contributed by atoms with Gasteiger partial charge < -0.3 is 18.6 Å². The van der Waals surface area contributed by atoms with E-state index in [2.05, 4.69) is 245 Å². The number of fused-ring (bicyclic) bond motifs is 6. The Morgan fingerprint density at radius 2 is 0.655 bits per heavy atom. The van der Waals surface area contributed by atoms with Crippen LogP contribution in [0.4, 0.5) is 34.1 Å². The number of hydrogen-bond acceptors (Lipinski definition) is 4. The minimum absolute atomic E-state index is 0.433. The van der Waals surface area contributed by atoms with Crippen molar-refractivity contribution in [2.24, 2.45) is 0 Å². The second-order valence-electron chi connectivity index (χ2n) is 24.8. The third-order valence-corrected chi connectivity index (χ3v) is 19.6. The highest BCUT2D eigenvalue weighted by atomic mass is 16.3. The van der Waals surface area contributed by atoms with E-state index in [9.17, 15) is 0 Å². The van der Waals surface area contributed by atoms with Gasteiger partial charge in [0.1, 0.15) is 11.2 Å². The molecule has 12 aromatic carbocycles. The van der Waals surface area contributed by atoms with Gasteiger partial charge in [0.15, 0.2) is 11.2 Å². The maximum atomic E-state index is 7.42. The molecule has 2 aliphatic carbocycles. The molecule has 0 aliphatic heterocycles. The predicted molar refractivity (Wildman–Crippen MR) is 356 cm³/mol. The molecule has 0 spiro atoms. The Balaban J connectivity index is 1.02. The molecule has 0 radical (unpaired) electrons. The van der Waals surface area contributed by atoms with Crippen LogP contribution in [0.15, 0.2) is 203 Å². The van der Waals surface area contributed by atoms with Crippen molar-refractivity contribution in [1.82, 2.24) is 0 Å². The third-order valence-electron chi connectivity index (χ3n) is 19.6. The van der Waals surface area contributed by atoms with E-state index in [-0.39, 0.29) is 0 Å². The Morgan fingerprint density at radius 3 is 1.07 bits per heavy atom. The molecule has 0 atom stereocenters. The van der Waals surface area contributed by atoms with Gasteiger partial charge in [0.05, 0.1) is 22.7 Å². The highest BCUT2D eigenvalue weighted by Crippen LogP contribution is 2.56. The summed E-state index contributed by atoms with van der Waals surface area (Å²) in [5.74, 6) is 0.866. The molecule has 0 unspecified atom stereocenters. The number of para-hydroxylation sites is 4. The topological polar surface area (TPSA) is 32.8 Å². The molecule has 14 aromatic rings. The molecule has 2 heterocycles. The molecular formula is C80H68N2O2. The Bertz CT molecular complexity index is 4650. The first-order valence-electron chi connectivity index (χ1n) is 30.7. The van der Waals surface area contributed by atoms with Gasteiger partial charge >= 0.3 is 0 Å². The fraction of sp³-hybridized carbons (Fsp3) is 0.200. The molecule has 2 saturated carbocycles. The van der Waals surface area contributed by atoms with Crippen LogP contribution in [0.25, 0.3) is 98.4 Å². The zero-order valence-electron chi connectivity index (χ0n) is 49.0. The summed E-state index contributed by atoms with van der Waals surface area (Å²) in [6.45, 7) is 13.4. The minimum Gasteiger partial charge on any atom is -0.453 e. The van der Waals surface area contributed by atoms with Gasteiger partial charge in [-0.2, -0.15) is 0 Å². The lowest BCUT2D eigenvalue weighted by Crippen LogP contribution is -2.15. The number of furan rings is 2. The number of nitrogens with zero attached hydrogens (tertiary/aromatic N) is 2. The van der Waals surface area contributed by atoms with Gasteiger partial charge in [0, 0.05) is 54.8 Å². The molecule has 0 N–H and O–H groups in total. The fourth-order valence-corrected chi connectivity index (χ4v) is 15.4. The van der Waals surface area contributed by atoms with Crippen molar-refractivity contribution in [3.8, 4) is 22.3 Å². The molecule has 2 aliphatic rings. The lowest BCUT2D eigenvalue weighted by atomic mass is 9.82. The Labute approximate surface area is 491 Å². The van der Waals surface area contributed by atoms with E-state index in [1.54, 1.807) is 0 Å². The minimum atomic E-state index is 0.433. The van der Waals surface area contributed by atoms with Crippen LogP contribution in [0, 0.1) is 41.5 Å². The normalized spacial score (nSPS) is 14.3. The predicted octanol–water partition coefficient (Wildman–Crippen LogP) is 23.8. The first-order chi connectivity index (χ1) is 41.2. The van der Waals surface area contributed by atoms with E-state index in [0.717, 1.165) is 77.8 Å². The van der Waals surface area contributed by atoms with Crippen molar-refractivity contribution in [3.05, 3.63) is 239 Å². The summed E-state index contributed by atoms with van der Waals surface area (Å²) in [4.78, 5) is 5.17. The lowest BCUT2D eigenvalue weighted by molar-refractivity contribution is 0.669. The van der Waals surface area contributed by atoms with Crippen LogP contribution in [0.2, 0.25) is 0 Å². The Morgan fingerprint density at radius 1 is 0.286 bits per heavy atom. The molecule has 16 rings (SSSR count). The molecule has 2 fully saturated rings. The summed E-state index contributed by atoms with van der Waals surface area (Å²) in [6, 6.07) is 73.4. The quantitative estimate of drug-likeness (QED) is 0.128. The highest BCUT2D eigenvalue weighted by molar-refractivity contribution is 6.30. The van der Waals surface area contributed by atoms with Crippen molar-refractivity contribution in [3.63, 3.8) is 0 Å². The van der Waals surface area contributed by atoms with Crippen molar-refractivity contribution in [2.75, 3.05) is 9.80 Å². The number of anilines is 6. The maximum absolute atomic E-state index is 7.42. The summed E-state index contributed by atoms with van der Waals surface area (Å²) in [7, 11) is 0. The first kappa shape index (κ1) is 50.6. The van der Waals surface area contributed by atoms with Crippen molar-refractivity contribution in [2.45, 2.75) is 105 Å². The van der Waals surface area contributed by atoms with Crippen molar-refractivity contribution < 1.29 is 8.83 Å². The second kappa shape index (κ2) is 19.8. The van der Waals surface area contributed by atoms with Crippen molar-refractivity contribution >= 4 is 110 Å². The van der Waals surface area contributed by atoms with Gasteiger partial charge in [0.25, 0.3) is 0 Å². The molecule has 4 nitrogen and oxygen atoms in total. The number of rotatable bonds is 10. The zero-order valence-corrected chi connectivity index (χ0v) is 49.0. The molecule has 410 valence electrons. The van der Waals surface area contributed by atoms with Gasteiger partial charge in [-0.15, -0.1) is 0 Å². The summed E-state index contributed by atoms with van der Waals surface area (Å²) >= 11 is 0. The molecular weight excluding hydrogens is 1020 g/mol. The van der Waals surface area contributed by atoms with Crippen LogP contribution >= 0.6 is 0 Å². The average molecular weight is 1090 g/mol. The molecule has 4 heteroatoms. The number of aryl methyl sites for hydroxylation is 6. The third kappa shape index (κ3) is 7.86. The monoisotopic (exact) mass is 1090 g/mol. The van der Waals surface area contributed by atoms with E-state index in [0.29, 0.717) is 11.8 Å². The summed E-state index contributed by atoms with van der Waals surface area (Å²) in [6.07, 6.45) is 9.68. The summed E-state index contributed by atoms with van der Waals surface area (Å²) in [5.41, 5.74) is 25.2. The molecule has 0 amide bonds. The van der Waals surface area contributed by atoms with E-state index in [4.69, 9.17) is 8.83 Å².